The molecule has 2 aromatic rings. The lowest BCUT2D eigenvalue weighted by Crippen LogP contribution is -2.32. The normalized spacial score (nSPS) is 21.9. The molecule has 2 fully saturated rings. The van der Waals surface area contributed by atoms with Crippen LogP contribution < -0.4 is 5.32 Å². The van der Waals surface area contributed by atoms with Gasteiger partial charge in [-0.3, -0.25) is 4.79 Å². The van der Waals surface area contributed by atoms with Crippen LogP contribution >= 0.6 is 24.8 Å². The number of benzene rings is 1. The average molecular weight is 413 g/mol. The highest BCUT2D eigenvalue weighted by atomic mass is 35.5. The lowest BCUT2D eigenvalue weighted by Gasteiger charge is -2.25. The third kappa shape index (κ3) is 4.41. The second-order valence-electron chi connectivity index (χ2n) is 7.35. The maximum Gasteiger partial charge on any atom is 0.223 e. The maximum atomic E-state index is 12.9. The molecule has 2 aliphatic rings. The summed E-state index contributed by atoms with van der Waals surface area (Å²) in [6.07, 6.45) is 5.01. The molecule has 150 valence electrons. The lowest BCUT2D eigenvalue weighted by atomic mass is 10.0. The van der Waals surface area contributed by atoms with Crippen molar-refractivity contribution in [2.24, 2.45) is 5.92 Å². The second-order valence-corrected chi connectivity index (χ2v) is 7.35. The SMILES string of the molecule is CCn1c(C2CCCN2C(=O)CCC2CCNC2)nc2ccccc21.Cl.Cl. The van der Waals surface area contributed by atoms with Crippen LogP contribution in [0.4, 0.5) is 0 Å². The molecule has 0 aliphatic carbocycles. The van der Waals surface area contributed by atoms with Crippen LogP contribution in [0.15, 0.2) is 24.3 Å². The van der Waals surface area contributed by atoms with Crippen LogP contribution in [0.25, 0.3) is 11.0 Å². The predicted octanol–water partition coefficient (Wildman–Crippen LogP) is 3.95. The van der Waals surface area contributed by atoms with Gasteiger partial charge in [0.1, 0.15) is 5.82 Å². The van der Waals surface area contributed by atoms with E-state index < -0.39 is 0 Å². The summed E-state index contributed by atoms with van der Waals surface area (Å²) in [4.78, 5) is 19.9. The zero-order chi connectivity index (χ0) is 17.2. The number of aromatic nitrogens is 2. The zero-order valence-electron chi connectivity index (χ0n) is 15.9. The van der Waals surface area contributed by atoms with Crippen LogP contribution in [0.2, 0.25) is 0 Å². The molecule has 1 aromatic carbocycles. The number of imidazole rings is 1. The summed E-state index contributed by atoms with van der Waals surface area (Å²) in [7, 11) is 0. The minimum atomic E-state index is 0. The van der Waals surface area contributed by atoms with Crippen molar-refractivity contribution < 1.29 is 4.79 Å². The van der Waals surface area contributed by atoms with Crippen LogP contribution in [0.3, 0.4) is 0 Å². The molecule has 2 aliphatic heterocycles. The first kappa shape index (κ1) is 22.0. The third-order valence-corrected chi connectivity index (χ3v) is 5.80. The van der Waals surface area contributed by atoms with Gasteiger partial charge in [-0.1, -0.05) is 12.1 Å². The third-order valence-electron chi connectivity index (χ3n) is 5.80. The summed E-state index contributed by atoms with van der Waals surface area (Å²) in [6.45, 7) is 6.10. The van der Waals surface area contributed by atoms with Crippen LogP contribution in [0.5, 0.6) is 0 Å². The molecule has 1 aromatic heterocycles. The van der Waals surface area contributed by atoms with Crippen molar-refractivity contribution in [2.45, 2.75) is 51.6 Å². The molecule has 1 amide bonds. The molecule has 0 spiro atoms. The van der Waals surface area contributed by atoms with Crippen LogP contribution in [0.1, 0.15) is 50.9 Å². The summed E-state index contributed by atoms with van der Waals surface area (Å²) in [5.74, 6) is 2.05. The number of amides is 1. The fourth-order valence-electron chi connectivity index (χ4n) is 4.45. The number of fused-ring (bicyclic) bond motifs is 1. The first-order valence-corrected chi connectivity index (χ1v) is 9.73. The highest BCUT2D eigenvalue weighted by Crippen LogP contribution is 2.34. The first-order chi connectivity index (χ1) is 12.3. The monoisotopic (exact) mass is 412 g/mol. The largest absolute Gasteiger partial charge is 0.333 e. The molecule has 0 bridgehead atoms. The molecule has 3 heterocycles. The summed E-state index contributed by atoms with van der Waals surface area (Å²) in [5, 5.41) is 3.39. The Morgan fingerprint density at radius 3 is 2.81 bits per heavy atom. The molecule has 0 radical (unpaired) electrons. The van der Waals surface area contributed by atoms with Gasteiger partial charge in [-0.2, -0.15) is 0 Å². The topological polar surface area (TPSA) is 50.2 Å². The number of hydrogen-bond acceptors (Lipinski definition) is 3. The van der Waals surface area contributed by atoms with E-state index in [4.69, 9.17) is 4.98 Å². The molecule has 2 atom stereocenters. The Morgan fingerprint density at radius 2 is 2.07 bits per heavy atom. The maximum absolute atomic E-state index is 12.9. The Hall–Kier alpha value is -1.30. The minimum Gasteiger partial charge on any atom is -0.333 e. The number of rotatable bonds is 5. The van der Waals surface area contributed by atoms with Crippen LogP contribution in [-0.2, 0) is 11.3 Å². The van der Waals surface area contributed by atoms with E-state index in [-0.39, 0.29) is 30.9 Å². The molecular formula is C20H30Cl2N4O. The molecular weight excluding hydrogens is 383 g/mol. The van der Waals surface area contributed by atoms with Gasteiger partial charge >= 0.3 is 0 Å². The number of carbonyl (C=O) groups is 1. The van der Waals surface area contributed by atoms with Gasteiger partial charge in [0.2, 0.25) is 5.91 Å². The summed E-state index contributed by atoms with van der Waals surface area (Å²) in [6, 6.07) is 8.43. The molecule has 0 saturated carbocycles. The Bertz CT molecular complexity index is 758. The molecule has 7 heteroatoms. The smallest absolute Gasteiger partial charge is 0.223 e. The Morgan fingerprint density at radius 1 is 1.26 bits per heavy atom. The van der Waals surface area contributed by atoms with Gasteiger partial charge in [0, 0.05) is 19.5 Å². The number of carbonyl (C=O) groups excluding carboxylic acids is 1. The van der Waals surface area contributed by atoms with E-state index in [1.54, 1.807) is 0 Å². The number of para-hydroxylation sites is 2. The van der Waals surface area contributed by atoms with E-state index in [2.05, 4.69) is 39.9 Å². The predicted molar refractivity (Wildman–Crippen MR) is 114 cm³/mol. The van der Waals surface area contributed by atoms with Crippen molar-refractivity contribution in [3.63, 3.8) is 0 Å². The van der Waals surface area contributed by atoms with E-state index in [1.807, 2.05) is 6.07 Å². The molecule has 2 unspecified atom stereocenters. The van der Waals surface area contributed by atoms with Gasteiger partial charge < -0.3 is 14.8 Å². The number of hydrogen-bond donors (Lipinski definition) is 1. The molecule has 27 heavy (non-hydrogen) atoms. The minimum absolute atomic E-state index is 0. The summed E-state index contributed by atoms with van der Waals surface area (Å²) in [5.41, 5.74) is 2.21. The number of halogens is 2. The van der Waals surface area contributed by atoms with Crippen LogP contribution in [0, 0.1) is 5.92 Å². The summed E-state index contributed by atoms with van der Waals surface area (Å²) >= 11 is 0. The van der Waals surface area contributed by atoms with Crippen molar-refractivity contribution in [1.82, 2.24) is 19.8 Å². The van der Waals surface area contributed by atoms with Crippen molar-refractivity contribution in [2.75, 3.05) is 19.6 Å². The summed E-state index contributed by atoms with van der Waals surface area (Å²) < 4.78 is 2.28. The number of aryl methyl sites for hydroxylation is 1. The van der Waals surface area contributed by atoms with E-state index >= 15 is 0 Å². The Labute approximate surface area is 173 Å². The van der Waals surface area contributed by atoms with Crippen molar-refractivity contribution in [1.29, 1.82) is 0 Å². The Balaban J connectivity index is 0.00000131. The van der Waals surface area contributed by atoms with Gasteiger partial charge in [-0.05, 0) is 63.7 Å². The quantitative estimate of drug-likeness (QED) is 0.808. The molecule has 1 N–H and O–H groups in total. The van der Waals surface area contributed by atoms with Crippen molar-refractivity contribution in [3.8, 4) is 0 Å². The Kier molecular flexibility index (Phi) is 7.95. The molecule has 2 saturated heterocycles. The highest BCUT2D eigenvalue weighted by Gasteiger charge is 2.33. The molecule has 5 nitrogen and oxygen atoms in total. The van der Waals surface area contributed by atoms with Gasteiger partial charge in [-0.25, -0.2) is 4.98 Å². The van der Waals surface area contributed by atoms with Gasteiger partial charge in [0.05, 0.1) is 17.1 Å². The molecule has 4 rings (SSSR count). The van der Waals surface area contributed by atoms with Gasteiger partial charge in [-0.15, -0.1) is 24.8 Å². The average Bonchev–Trinajstić information content (AvgIpc) is 3.37. The highest BCUT2D eigenvalue weighted by molar-refractivity contribution is 5.85. The zero-order valence-corrected chi connectivity index (χ0v) is 17.5. The van der Waals surface area contributed by atoms with Crippen molar-refractivity contribution in [3.05, 3.63) is 30.1 Å². The van der Waals surface area contributed by atoms with E-state index in [1.165, 1.54) is 11.9 Å². The standard InChI is InChI=1S/C20H28N4O.2ClH/c1-2-23-17-7-4-3-6-16(17)22-20(23)18-8-5-13-24(18)19(25)10-9-15-11-12-21-14-15;;/h3-4,6-7,15,18,21H,2,5,8-14H2,1H3;2*1H. The number of nitrogens with one attached hydrogen (secondary N) is 1. The van der Waals surface area contributed by atoms with E-state index in [9.17, 15) is 4.79 Å². The number of likely N-dealkylation sites (tertiary alicyclic amines) is 1. The first-order valence-electron chi connectivity index (χ1n) is 9.73. The fourth-order valence-corrected chi connectivity index (χ4v) is 4.45. The fraction of sp³-hybridized carbons (Fsp3) is 0.600. The van der Waals surface area contributed by atoms with E-state index in [0.717, 1.165) is 56.8 Å². The van der Waals surface area contributed by atoms with Gasteiger partial charge in [0.15, 0.2) is 0 Å². The number of nitrogens with zero attached hydrogens (tertiary/aromatic N) is 3. The van der Waals surface area contributed by atoms with Crippen molar-refractivity contribution >= 4 is 41.8 Å². The van der Waals surface area contributed by atoms with Crippen LogP contribution in [-0.4, -0.2) is 40.0 Å². The second kappa shape index (κ2) is 9.76. The lowest BCUT2D eigenvalue weighted by molar-refractivity contribution is -0.132. The van der Waals surface area contributed by atoms with E-state index in [0.29, 0.717) is 18.2 Å². The van der Waals surface area contributed by atoms with Gasteiger partial charge in [0.25, 0.3) is 0 Å².